The van der Waals surface area contributed by atoms with Crippen LogP contribution in [0.2, 0.25) is 0 Å². The van der Waals surface area contributed by atoms with Gasteiger partial charge in [-0.2, -0.15) is 5.10 Å². The van der Waals surface area contributed by atoms with Gasteiger partial charge in [-0.05, 0) is 50.4 Å². The number of ether oxygens (including phenoxy) is 1. The van der Waals surface area contributed by atoms with Crippen LogP contribution in [0.15, 0.2) is 0 Å². The summed E-state index contributed by atoms with van der Waals surface area (Å²) in [7, 11) is 0. The SMILES string of the molecule is [CH2]C(C)(C)Cc1nn(CC)c2c1CC1(CCOCC1)CNC2=O. The van der Waals surface area contributed by atoms with Crippen LogP contribution in [0.3, 0.4) is 0 Å². The highest BCUT2D eigenvalue weighted by molar-refractivity contribution is 5.94. The number of rotatable bonds is 3. The lowest BCUT2D eigenvalue weighted by atomic mass is 9.74. The van der Waals surface area contributed by atoms with E-state index in [1.165, 1.54) is 0 Å². The molecule has 1 amide bonds. The maximum absolute atomic E-state index is 12.7. The number of nitrogens with zero attached hydrogens (tertiary/aromatic N) is 2. The zero-order chi connectivity index (χ0) is 16.7. The summed E-state index contributed by atoms with van der Waals surface area (Å²) in [4.78, 5) is 12.7. The predicted octanol–water partition coefficient (Wildman–Crippen LogP) is 2.39. The fourth-order valence-corrected chi connectivity index (χ4v) is 3.76. The van der Waals surface area contributed by atoms with E-state index in [9.17, 15) is 4.79 Å². The van der Waals surface area contributed by atoms with Gasteiger partial charge in [0.1, 0.15) is 5.69 Å². The first-order chi connectivity index (χ1) is 10.8. The van der Waals surface area contributed by atoms with E-state index >= 15 is 0 Å². The monoisotopic (exact) mass is 318 g/mol. The Morgan fingerprint density at radius 2 is 2.09 bits per heavy atom. The summed E-state index contributed by atoms with van der Waals surface area (Å²) in [6.07, 6.45) is 3.70. The molecule has 0 aromatic carbocycles. The molecule has 1 N–H and O–H groups in total. The minimum absolute atomic E-state index is 0.0193. The third kappa shape index (κ3) is 3.30. The molecule has 1 spiro atoms. The van der Waals surface area contributed by atoms with Crippen LogP contribution in [0.1, 0.15) is 55.4 Å². The third-order valence-electron chi connectivity index (χ3n) is 5.02. The zero-order valence-corrected chi connectivity index (χ0v) is 14.6. The molecule has 5 nitrogen and oxygen atoms in total. The maximum Gasteiger partial charge on any atom is 0.269 e. The topological polar surface area (TPSA) is 56.1 Å². The molecule has 0 atom stereocenters. The Morgan fingerprint density at radius 1 is 1.39 bits per heavy atom. The molecule has 1 radical (unpaired) electrons. The third-order valence-corrected chi connectivity index (χ3v) is 5.02. The van der Waals surface area contributed by atoms with Crippen LogP contribution in [-0.2, 0) is 24.1 Å². The van der Waals surface area contributed by atoms with Crippen molar-refractivity contribution in [2.24, 2.45) is 10.8 Å². The van der Waals surface area contributed by atoms with E-state index in [0.29, 0.717) is 6.54 Å². The van der Waals surface area contributed by atoms with Crippen LogP contribution in [0.5, 0.6) is 0 Å². The molecule has 3 rings (SSSR count). The van der Waals surface area contributed by atoms with Crippen molar-refractivity contribution < 1.29 is 9.53 Å². The van der Waals surface area contributed by atoms with Crippen LogP contribution in [0.25, 0.3) is 0 Å². The van der Waals surface area contributed by atoms with Gasteiger partial charge in [-0.25, -0.2) is 0 Å². The van der Waals surface area contributed by atoms with Crippen molar-refractivity contribution in [2.75, 3.05) is 19.8 Å². The summed E-state index contributed by atoms with van der Waals surface area (Å²) in [5, 5.41) is 7.89. The fraction of sp³-hybridized carbons (Fsp3) is 0.722. The first-order valence-electron chi connectivity index (χ1n) is 8.63. The summed E-state index contributed by atoms with van der Waals surface area (Å²) >= 11 is 0. The van der Waals surface area contributed by atoms with Gasteiger partial charge in [0, 0.05) is 31.9 Å². The molecule has 2 aliphatic rings. The number of carbonyl (C=O) groups excluding carboxylic acids is 1. The van der Waals surface area contributed by atoms with Gasteiger partial charge in [-0.15, -0.1) is 0 Å². The minimum Gasteiger partial charge on any atom is -0.381 e. The van der Waals surface area contributed by atoms with Gasteiger partial charge in [0.05, 0.1) is 5.69 Å². The van der Waals surface area contributed by atoms with Gasteiger partial charge in [0.25, 0.3) is 5.91 Å². The molecule has 0 aliphatic carbocycles. The second-order valence-corrected chi connectivity index (χ2v) is 7.90. The van der Waals surface area contributed by atoms with E-state index in [1.54, 1.807) is 0 Å². The van der Waals surface area contributed by atoms with Crippen LogP contribution >= 0.6 is 0 Å². The molecule has 1 saturated heterocycles. The van der Waals surface area contributed by atoms with Crippen LogP contribution < -0.4 is 5.32 Å². The van der Waals surface area contributed by atoms with Crippen molar-refractivity contribution in [2.45, 2.75) is 53.0 Å². The molecule has 2 aliphatic heterocycles. The molecule has 23 heavy (non-hydrogen) atoms. The minimum atomic E-state index is -0.0910. The zero-order valence-electron chi connectivity index (χ0n) is 14.6. The summed E-state index contributed by atoms with van der Waals surface area (Å²) in [6.45, 7) is 13.5. The van der Waals surface area contributed by atoms with Crippen LogP contribution in [-0.4, -0.2) is 35.4 Å². The molecular formula is C18H28N3O2. The number of hydrogen-bond donors (Lipinski definition) is 1. The molecule has 127 valence electrons. The summed E-state index contributed by atoms with van der Waals surface area (Å²) < 4.78 is 7.41. The molecule has 5 heteroatoms. The number of aromatic nitrogens is 2. The van der Waals surface area contributed by atoms with Crippen molar-refractivity contribution in [1.82, 2.24) is 15.1 Å². The maximum atomic E-state index is 12.7. The van der Waals surface area contributed by atoms with E-state index < -0.39 is 0 Å². The molecule has 1 aromatic rings. The second kappa shape index (κ2) is 5.93. The van der Waals surface area contributed by atoms with E-state index in [1.807, 2.05) is 11.6 Å². The molecule has 1 aromatic heterocycles. The Morgan fingerprint density at radius 3 is 2.70 bits per heavy atom. The highest BCUT2D eigenvalue weighted by Crippen LogP contribution is 2.38. The van der Waals surface area contributed by atoms with E-state index in [0.717, 1.165) is 62.4 Å². The number of amides is 1. The Kier molecular flexibility index (Phi) is 4.25. The average molecular weight is 318 g/mol. The Bertz CT molecular complexity index is 592. The predicted molar refractivity (Wildman–Crippen MR) is 89.3 cm³/mol. The van der Waals surface area contributed by atoms with Crippen molar-refractivity contribution in [3.8, 4) is 0 Å². The number of nitrogens with one attached hydrogen (secondary N) is 1. The lowest BCUT2D eigenvalue weighted by molar-refractivity contribution is 0.0160. The number of fused-ring (bicyclic) bond motifs is 1. The van der Waals surface area contributed by atoms with Gasteiger partial charge < -0.3 is 10.1 Å². The normalized spacial score (nSPS) is 21.0. The number of hydrogen-bond acceptors (Lipinski definition) is 3. The lowest BCUT2D eigenvalue weighted by Gasteiger charge is -2.36. The molecule has 0 bridgehead atoms. The standard InChI is InChI=1S/C18H28N3O2/c1-5-21-15-13(14(20-21)11-17(2,3)4)10-18(12-19-16(15)22)6-8-23-9-7-18/h2,5-12H2,1,3-4H3,(H,19,22). The van der Waals surface area contributed by atoms with Gasteiger partial charge in [0.2, 0.25) is 0 Å². The molecule has 0 saturated carbocycles. The first kappa shape index (κ1) is 16.5. The smallest absolute Gasteiger partial charge is 0.269 e. The van der Waals surface area contributed by atoms with Gasteiger partial charge in [-0.1, -0.05) is 13.8 Å². The van der Waals surface area contributed by atoms with Crippen molar-refractivity contribution in [3.05, 3.63) is 23.9 Å². The molecular weight excluding hydrogens is 290 g/mol. The number of carbonyl (C=O) groups is 1. The van der Waals surface area contributed by atoms with Crippen molar-refractivity contribution in [3.63, 3.8) is 0 Å². The quantitative estimate of drug-likeness (QED) is 0.931. The van der Waals surface area contributed by atoms with Crippen LogP contribution in [0, 0.1) is 17.8 Å². The van der Waals surface area contributed by atoms with Gasteiger partial charge >= 0.3 is 0 Å². The second-order valence-electron chi connectivity index (χ2n) is 7.90. The van der Waals surface area contributed by atoms with E-state index in [-0.39, 0.29) is 16.7 Å². The van der Waals surface area contributed by atoms with Crippen molar-refractivity contribution in [1.29, 1.82) is 0 Å². The van der Waals surface area contributed by atoms with Gasteiger partial charge in [-0.3, -0.25) is 9.48 Å². The molecule has 3 heterocycles. The summed E-state index contributed by atoms with van der Waals surface area (Å²) in [5.41, 5.74) is 2.97. The van der Waals surface area contributed by atoms with Crippen LogP contribution in [0.4, 0.5) is 0 Å². The first-order valence-corrected chi connectivity index (χ1v) is 8.63. The Labute approximate surface area is 138 Å². The number of aryl methyl sites for hydroxylation is 1. The average Bonchev–Trinajstić information content (AvgIpc) is 2.74. The molecule has 1 fully saturated rings. The molecule has 0 unspecified atom stereocenters. The Balaban J connectivity index is 2.04. The van der Waals surface area contributed by atoms with E-state index in [4.69, 9.17) is 9.84 Å². The van der Waals surface area contributed by atoms with E-state index in [2.05, 4.69) is 26.1 Å². The lowest BCUT2D eigenvalue weighted by Crippen LogP contribution is -2.40. The summed E-state index contributed by atoms with van der Waals surface area (Å²) in [6, 6.07) is 0. The highest BCUT2D eigenvalue weighted by Gasteiger charge is 2.40. The highest BCUT2D eigenvalue weighted by atomic mass is 16.5. The van der Waals surface area contributed by atoms with Crippen molar-refractivity contribution >= 4 is 5.91 Å². The Hall–Kier alpha value is -1.36. The van der Waals surface area contributed by atoms with Gasteiger partial charge in [0.15, 0.2) is 0 Å². The summed E-state index contributed by atoms with van der Waals surface area (Å²) in [5.74, 6) is 0.0193. The fourth-order valence-electron chi connectivity index (χ4n) is 3.76. The largest absolute Gasteiger partial charge is 0.381 e.